The van der Waals surface area contributed by atoms with E-state index in [4.69, 9.17) is 19.4 Å². The monoisotopic (exact) mass is 391 g/mol. The van der Waals surface area contributed by atoms with Gasteiger partial charge in [0.05, 0.1) is 19.3 Å². The molecule has 2 atom stereocenters. The van der Waals surface area contributed by atoms with Gasteiger partial charge in [-0.25, -0.2) is 4.79 Å². The molecule has 2 aliphatic heterocycles. The first-order chi connectivity index (χ1) is 13.7. The molecule has 0 saturated carbocycles. The quantitative estimate of drug-likeness (QED) is 0.732. The van der Waals surface area contributed by atoms with E-state index in [1.807, 2.05) is 23.1 Å². The van der Waals surface area contributed by atoms with Crippen LogP contribution in [0.25, 0.3) is 6.08 Å². The summed E-state index contributed by atoms with van der Waals surface area (Å²) in [5, 5.41) is 9.92. The highest BCUT2D eigenvalue weighted by Crippen LogP contribution is 2.10. The molecule has 154 valence electrons. The predicted octanol–water partition coefficient (Wildman–Crippen LogP) is 1.14. The minimum Gasteiger partial charge on any atom is -0.483 e. The fourth-order valence-corrected chi connectivity index (χ4v) is 3.19. The number of nitrogens with zero attached hydrogens (tertiary/aromatic N) is 2. The molecular formula is C20H29N3O5. The first-order valence-corrected chi connectivity index (χ1v) is 9.35. The van der Waals surface area contributed by atoms with Crippen molar-refractivity contribution in [1.29, 1.82) is 0 Å². The number of hydrogen-bond donors (Lipinski definition) is 2. The number of hydrogen-bond acceptors (Lipinski definition) is 5. The van der Waals surface area contributed by atoms with Gasteiger partial charge in [-0.3, -0.25) is 9.69 Å². The Morgan fingerprint density at radius 2 is 1.93 bits per heavy atom. The molecule has 0 radical (unpaired) electrons. The number of nitrogens with one attached hydrogen (secondary N) is 1. The van der Waals surface area contributed by atoms with Crippen molar-refractivity contribution in [2.24, 2.45) is 0 Å². The van der Waals surface area contributed by atoms with Gasteiger partial charge < -0.3 is 24.8 Å². The molecule has 1 aromatic carbocycles. The lowest BCUT2D eigenvalue weighted by molar-refractivity contribution is -0.122. The zero-order valence-corrected chi connectivity index (χ0v) is 16.2. The van der Waals surface area contributed by atoms with Crippen molar-refractivity contribution in [3.63, 3.8) is 0 Å². The fourth-order valence-electron chi connectivity index (χ4n) is 3.19. The number of piperazine rings is 1. The standard InChI is InChI=1S/C19H27N3O3.CH2O2/c1-24-18-15-25-14-17(18)20-19(23)22-12-10-21(11-13-22)9-5-8-16-6-3-2-4-7-16;2-1-3/h2-8,17-18H,9-15H2,1H3,(H,20,23);1H,(H,2,3)/b8-5+;/t17-,18-;/m0./s1. The number of urea groups is 1. The third-order valence-corrected chi connectivity index (χ3v) is 4.77. The Morgan fingerprint density at radius 1 is 1.25 bits per heavy atom. The second kappa shape index (κ2) is 12.1. The first kappa shape index (κ1) is 21.9. The number of carboxylic acid groups (broad SMARTS) is 1. The molecule has 2 fully saturated rings. The van der Waals surface area contributed by atoms with Gasteiger partial charge in [0, 0.05) is 39.8 Å². The summed E-state index contributed by atoms with van der Waals surface area (Å²) in [6, 6.07) is 10.2. The van der Waals surface area contributed by atoms with E-state index in [0.29, 0.717) is 13.2 Å². The highest BCUT2D eigenvalue weighted by molar-refractivity contribution is 5.74. The van der Waals surface area contributed by atoms with Crippen molar-refractivity contribution in [3.05, 3.63) is 42.0 Å². The SMILES string of the molecule is CO[C@H]1COC[C@@H]1NC(=O)N1CCN(C/C=C/c2ccccc2)CC1.O=CO. The number of amides is 2. The van der Waals surface area contributed by atoms with E-state index < -0.39 is 0 Å². The summed E-state index contributed by atoms with van der Waals surface area (Å²) in [7, 11) is 1.65. The minimum absolute atomic E-state index is 0.0166. The van der Waals surface area contributed by atoms with Crippen molar-refractivity contribution in [1.82, 2.24) is 15.1 Å². The molecule has 0 bridgehead atoms. The molecule has 8 heteroatoms. The molecular weight excluding hydrogens is 362 g/mol. The van der Waals surface area contributed by atoms with Crippen LogP contribution in [0, 0.1) is 0 Å². The van der Waals surface area contributed by atoms with Gasteiger partial charge in [-0.05, 0) is 5.56 Å². The second-order valence-electron chi connectivity index (χ2n) is 6.57. The summed E-state index contributed by atoms with van der Waals surface area (Å²) in [6.45, 7) is 5.00. The van der Waals surface area contributed by atoms with Crippen molar-refractivity contribution in [2.75, 3.05) is 53.0 Å². The lowest BCUT2D eigenvalue weighted by atomic mass is 10.2. The van der Waals surface area contributed by atoms with Crippen LogP contribution in [0.4, 0.5) is 4.79 Å². The predicted molar refractivity (Wildman–Crippen MR) is 106 cm³/mol. The molecule has 0 spiro atoms. The van der Waals surface area contributed by atoms with Crippen LogP contribution in [-0.4, -0.2) is 92.6 Å². The van der Waals surface area contributed by atoms with E-state index in [9.17, 15) is 4.79 Å². The van der Waals surface area contributed by atoms with Crippen LogP contribution >= 0.6 is 0 Å². The number of rotatable bonds is 5. The molecule has 2 amide bonds. The maximum absolute atomic E-state index is 12.4. The summed E-state index contributed by atoms with van der Waals surface area (Å²) in [5.41, 5.74) is 1.21. The van der Waals surface area contributed by atoms with E-state index in [0.717, 1.165) is 32.7 Å². The number of carbonyl (C=O) groups is 2. The average Bonchev–Trinajstić information content (AvgIpc) is 3.17. The topological polar surface area (TPSA) is 91.3 Å². The highest BCUT2D eigenvalue weighted by atomic mass is 16.5. The Labute approximate surface area is 165 Å². The number of methoxy groups -OCH3 is 1. The van der Waals surface area contributed by atoms with E-state index in [2.05, 4.69) is 34.5 Å². The maximum Gasteiger partial charge on any atom is 0.317 e. The molecule has 2 aliphatic rings. The van der Waals surface area contributed by atoms with E-state index in [1.165, 1.54) is 5.56 Å². The molecule has 3 rings (SSSR count). The van der Waals surface area contributed by atoms with Gasteiger partial charge in [0.25, 0.3) is 6.47 Å². The van der Waals surface area contributed by atoms with Crippen LogP contribution in [0.2, 0.25) is 0 Å². The Hall–Kier alpha value is -2.42. The minimum atomic E-state index is -0.250. The zero-order valence-electron chi connectivity index (χ0n) is 16.2. The van der Waals surface area contributed by atoms with Crippen LogP contribution in [0.5, 0.6) is 0 Å². The Bertz CT molecular complexity index is 618. The van der Waals surface area contributed by atoms with Crippen molar-refractivity contribution in [3.8, 4) is 0 Å². The smallest absolute Gasteiger partial charge is 0.317 e. The molecule has 2 N–H and O–H groups in total. The Balaban J connectivity index is 0.000000878. The molecule has 28 heavy (non-hydrogen) atoms. The number of carbonyl (C=O) groups excluding carboxylic acids is 1. The lowest BCUT2D eigenvalue weighted by Crippen LogP contribution is -2.55. The molecule has 8 nitrogen and oxygen atoms in total. The van der Waals surface area contributed by atoms with Gasteiger partial charge in [-0.15, -0.1) is 0 Å². The zero-order chi connectivity index (χ0) is 20.2. The average molecular weight is 391 g/mol. The summed E-state index contributed by atoms with van der Waals surface area (Å²) in [5.74, 6) is 0. The molecule has 2 saturated heterocycles. The van der Waals surface area contributed by atoms with E-state index in [1.54, 1.807) is 7.11 Å². The van der Waals surface area contributed by atoms with E-state index >= 15 is 0 Å². The Kier molecular flexibility index (Phi) is 9.47. The number of ether oxygens (including phenoxy) is 2. The molecule has 2 heterocycles. The summed E-state index contributed by atoms with van der Waals surface area (Å²) >= 11 is 0. The normalized spacial score (nSPS) is 22.5. The van der Waals surface area contributed by atoms with Gasteiger partial charge >= 0.3 is 6.03 Å². The van der Waals surface area contributed by atoms with Crippen molar-refractivity contribution in [2.45, 2.75) is 12.1 Å². The van der Waals surface area contributed by atoms with Gasteiger partial charge in [0.15, 0.2) is 0 Å². The van der Waals surface area contributed by atoms with Crippen LogP contribution in [0.15, 0.2) is 36.4 Å². The van der Waals surface area contributed by atoms with Crippen LogP contribution in [-0.2, 0) is 14.3 Å². The van der Waals surface area contributed by atoms with Gasteiger partial charge in [0.2, 0.25) is 0 Å². The lowest BCUT2D eigenvalue weighted by Gasteiger charge is -2.35. The van der Waals surface area contributed by atoms with Crippen LogP contribution in [0.3, 0.4) is 0 Å². The van der Waals surface area contributed by atoms with Gasteiger partial charge in [-0.1, -0.05) is 42.5 Å². The van der Waals surface area contributed by atoms with Crippen molar-refractivity contribution < 1.29 is 24.2 Å². The van der Waals surface area contributed by atoms with E-state index in [-0.39, 0.29) is 24.6 Å². The summed E-state index contributed by atoms with van der Waals surface area (Å²) in [6.07, 6.45) is 4.28. The Morgan fingerprint density at radius 3 is 2.57 bits per heavy atom. The maximum atomic E-state index is 12.4. The fraction of sp³-hybridized carbons (Fsp3) is 0.500. The highest BCUT2D eigenvalue weighted by Gasteiger charge is 2.31. The van der Waals surface area contributed by atoms with Gasteiger partial charge in [0.1, 0.15) is 6.10 Å². The van der Waals surface area contributed by atoms with Crippen LogP contribution < -0.4 is 5.32 Å². The first-order valence-electron chi connectivity index (χ1n) is 9.35. The molecule has 1 aromatic rings. The third-order valence-electron chi connectivity index (χ3n) is 4.77. The van der Waals surface area contributed by atoms with Gasteiger partial charge in [-0.2, -0.15) is 0 Å². The molecule has 0 unspecified atom stereocenters. The summed E-state index contributed by atoms with van der Waals surface area (Å²) in [4.78, 5) is 25.0. The third kappa shape index (κ3) is 6.95. The summed E-state index contributed by atoms with van der Waals surface area (Å²) < 4.78 is 10.7. The van der Waals surface area contributed by atoms with Crippen LogP contribution in [0.1, 0.15) is 5.56 Å². The largest absolute Gasteiger partial charge is 0.483 e. The number of benzene rings is 1. The second-order valence-corrected chi connectivity index (χ2v) is 6.57. The molecule has 0 aliphatic carbocycles. The molecule has 0 aromatic heterocycles. The van der Waals surface area contributed by atoms with Crippen molar-refractivity contribution >= 4 is 18.6 Å².